The third-order valence-electron chi connectivity index (χ3n) is 4.53. The molecule has 1 aliphatic rings. The van der Waals surface area contributed by atoms with E-state index in [0.717, 1.165) is 22.4 Å². The summed E-state index contributed by atoms with van der Waals surface area (Å²) in [6.45, 7) is 0. The Morgan fingerprint density at radius 3 is 2.35 bits per heavy atom. The maximum absolute atomic E-state index is 10.9. The molecule has 1 heterocycles. The Bertz CT molecular complexity index is 945. The fourth-order valence-corrected chi connectivity index (χ4v) is 3.43. The number of nitro groups is 1. The third-order valence-corrected chi connectivity index (χ3v) is 4.76. The molecule has 2 N–H and O–H groups in total. The van der Waals surface area contributed by atoms with E-state index >= 15 is 0 Å². The molecule has 0 bridgehead atoms. The van der Waals surface area contributed by atoms with E-state index in [2.05, 4.69) is 22.8 Å². The van der Waals surface area contributed by atoms with E-state index in [0.29, 0.717) is 5.02 Å². The van der Waals surface area contributed by atoms with Crippen molar-refractivity contribution in [3.63, 3.8) is 0 Å². The highest BCUT2D eigenvalue weighted by atomic mass is 35.5. The standard InChI is InChI=1S/C20H16ClN3O2/c21-15-8-11-18-17(12-15)19(13-4-2-1-3-5-13)23-20(22-18)14-6-9-16(10-7-14)24(25)26/h1-12,19-20,22-23H/t19-,20+/m1/s1. The number of nitro benzene ring substituents is 1. The smallest absolute Gasteiger partial charge is 0.269 e. The number of nitrogens with one attached hydrogen (secondary N) is 2. The first-order valence-electron chi connectivity index (χ1n) is 8.23. The van der Waals surface area contributed by atoms with Crippen molar-refractivity contribution >= 4 is 23.0 Å². The Morgan fingerprint density at radius 2 is 1.65 bits per heavy atom. The fourth-order valence-electron chi connectivity index (χ4n) is 3.25. The van der Waals surface area contributed by atoms with Crippen molar-refractivity contribution in [3.8, 4) is 0 Å². The quantitative estimate of drug-likeness (QED) is 0.503. The Hall–Kier alpha value is -2.89. The largest absolute Gasteiger partial charge is 0.366 e. The van der Waals surface area contributed by atoms with Crippen LogP contribution >= 0.6 is 11.6 Å². The van der Waals surface area contributed by atoms with Crippen LogP contribution in [-0.4, -0.2) is 4.92 Å². The zero-order valence-corrected chi connectivity index (χ0v) is 14.5. The lowest BCUT2D eigenvalue weighted by atomic mass is 9.93. The fraction of sp³-hybridized carbons (Fsp3) is 0.100. The minimum absolute atomic E-state index is 0.0358. The number of nitrogens with zero attached hydrogens (tertiary/aromatic N) is 1. The average Bonchev–Trinajstić information content (AvgIpc) is 2.68. The summed E-state index contributed by atoms with van der Waals surface area (Å²) in [6, 6.07) is 22.5. The van der Waals surface area contributed by atoms with Gasteiger partial charge in [-0.15, -0.1) is 0 Å². The van der Waals surface area contributed by atoms with E-state index in [9.17, 15) is 10.1 Å². The van der Waals surface area contributed by atoms with Crippen molar-refractivity contribution in [2.75, 3.05) is 5.32 Å². The monoisotopic (exact) mass is 365 g/mol. The second-order valence-corrected chi connectivity index (χ2v) is 6.60. The molecule has 5 nitrogen and oxygen atoms in total. The van der Waals surface area contributed by atoms with Gasteiger partial charge < -0.3 is 5.32 Å². The van der Waals surface area contributed by atoms with Crippen molar-refractivity contribution in [2.45, 2.75) is 12.2 Å². The van der Waals surface area contributed by atoms with Crippen LogP contribution in [0.1, 0.15) is 28.9 Å². The highest BCUT2D eigenvalue weighted by Gasteiger charge is 2.28. The van der Waals surface area contributed by atoms with Crippen molar-refractivity contribution < 1.29 is 4.92 Å². The molecule has 26 heavy (non-hydrogen) atoms. The van der Waals surface area contributed by atoms with Gasteiger partial charge in [0.1, 0.15) is 6.17 Å². The molecule has 0 aromatic heterocycles. The van der Waals surface area contributed by atoms with Gasteiger partial charge in [0.2, 0.25) is 0 Å². The summed E-state index contributed by atoms with van der Waals surface area (Å²) >= 11 is 6.21. The molecule has 0 fully saturated rings. The van der Waals surface area contributed by atoms with Crippen molar-refractivity contribution in [1.82, 2.24) is 5.32 Å². The summed E-state index contributed by atoms with van der Waals surface area (Å²) < 4.78 is 0. The van der Waals surface area contributed by atoms with Crippen LogP contribution in [0.2, 0.25) is 5.02 Å². The predicted octanol–water partition coefficient (Wildman–Crippen LogP) is 5.05. The molecule has 0 radical (unpaired) electrons. The van der Waals surface area contributed by atoms with Crippen molar-refractivity contribution in [3.05, 3.63) is 105 Å². The van der Waals surface area contributed by atoms with Gasteiger partial charge in [0.15, 0.2) is 0 Å². The normalized spacial score (nSPS) is 18.7. The topological polar surface area (TPSA) is 67.2 Å². The molecule has 0 unspecified atom stereocenters. The predicted molar refractivity (Wildman–Crippen MR) is 102 cm³/mol. The molecule has 0 aliphatic carbocycles. The maximum atomic E-state index is 10.9. The Kier molecular flexibility index (Phi) is 4.32. The van der Waals surface area contributed by atoms with E-state index in [1.54, 1.807) is 12.1 Å². The second-order valence-electron chi connectivity index (χ2n) is 6.17. The van der Waals surface area contributed by atoms with Gasteiger partial charge in [0, 0.05) is 22.8 Å². The molecule has 6 heteroatoms. The lowest BCUT2D eigenvalue weighted by Gasteiger charge is -2.35. The zero-order chi connectivity index (χ0) is 18.1. The average molecular weight is 366 g/mol. The van der Waals surface area contributed by atoms with Crippen LogP contribution in [-0.2, 0) is 0 Å². The molecule has 0 saturated heterocycles. The Labute approximate surface area is 155 Å². The molecule has 0 amide bonds. The molecular formula is C20H16ClN3O2. The van der Waals surface area contributed by atoms with Crippen LogP contribution in [0.15, 0.2) is 72.8 Å². The van der Waals surface area contributed by atoms with E-state index in [-0.39, 0.29) is 17.9 Å². The number of fused-ring (bicyclic) bond motifs is 1. The molecule has 4 rings (SSSR count). The first-order valence-corrected chi connectivity index (χ1v) is 8.61. The summed E-state index contributed by atoms with van der Waals surface area (Å²) in [5.74, 6) is 0. The van der Waals surface area contributed by atoms with Crippen molar-refractivity contribution in [1.29, 1.82) is 0 Å². The van der Waals surface area contributed by atoms with Crippen LogP contribution in [0, 0.1) is 10.1 Å². The lowest BCUT2D eigenvalue weighted by molar-refractivity contribution is -0.384. The molecule has 1 aliphatic heterocycles. The summed E-state index contributed by atoms with van der Waals surface area (Å²) in [4.78, 5) is 10.5. The molecule has 130 valence electrons. The maximum Gasteiger partial charge on any atom is 0.269 e. The number of halogens is 1. The van der Waals surface area contributed by atoms with Crippen LogP contribution in [0.25, 0.3) is 0 Å². The van der Waals surface area contributed by atoms with E-state index in [1.807, 2.05) is 36.4 Å². The Morgan fingerprint density at radius 1 is 0.923 bits per heavy atom. The highest BCUT2D eigenvalue weighted by Crippen LogP contribution is 2.38. The first-order chi connectivity index (χ1) is 12.6. The van der Waals surface area contributed by atoms with Gasteiger partial charge >= 0.3 is 0 Å². The van der Waals surface area contributed by atoms with Crippen molar-refractivity contribution in [2.24, 2.45) is 0 Å². The molecule has 0 saturated carbocycles. The van der Waals surface area contributed by atoms with Crippen LogP contribution in [0.5, 0.6) is 0 Å². The second kappa shape index (κ2) is 6.78. The van der Waals surface area contributed by atoms with E-state index in [1.165, 1.54) is 12.1 Å². The van der Waals surface area contributed by atoms with Gasteiger partial charge in [-0.1, -0.05) is 41.9 Å². The van der Waals surface area contributed by atoms with E-state index in [4.69, 9.17) is 11.6 Å². The van der Waals surface area contributed by atoms with Gasteiger partial charge in [0.25, 0.3) is 5.69 Å². The van der Waals surface area contributed by atoms with Crippen LogP contribution in [0.4, 0.5) is 11.4 Å². The summed E-state index contributed by atoms with van der Waals surface area (Å²) in [6.07, 6.45) is -0.172. The summed E-state index contributed by atoms with van der Waals surface area (Å²) in [7, 11) is 0. The number of anilines is 1. The number of hydrogen-bond acceptors (Lipinski definition) is 4. The number of hydrogen-bond donors (Lipinski definition) is 2. The third kappa shape index (κ3) is 3.14. The molecule has 3 aromatic rings. The minimum Gasteiger partial charge on any atom is -0.366 e. The summed E-state index contributed by atoms with van der Waals surface area (Å²) in [5.41, 5.74) is 4.20. The van der Waals surface area contributed by atoms with Gasteiger partial charge in [-0.05, 0) is 47.0 Å². The number of rotatable bonds is 3. The van der Waals surface area contributed by atoms with Gasteiger partial charge in [-0.3, -0.25) is 15.4 Å². The van der Waals surface area contributed by atoms with Gasteiger partial charge in [0.05, 0.1) is 11.0 Å². The van der Waals surface area contributed by atoms with Crippen LogP contribution < -0.4 is 10.6 Å². The number of benzene rings is 3. The van der Waals surface area contributed by atoms with Crippen LogP contribution in [0.3, 0.4) is 0 Å². The molecule has 0 spiro atoms. The number of non-ortho nitro benzene ring substituents is 1. The Balaban J connectivity index is 1.73. The highest BCUT2D eigenvalue weighted by molar-refractivity contribution is 6.30. The first kappa shape index (κ1) is 16.6. The van der Waals surface area contributed by atoms with Gasteiger partial charge in [-0.2, -0.15) is 0 Å². The summed E-state index contributed by atoms with van der Waals surface area (Å²) in [5, 5.41) is 18.6. The zero-order valence-electron chi connectivity index (χ0n) is 13.7. The molecular weight excluding hydrogens is 350 g/mol. The molecule has 2 atom stereocenters. The lowest BCUT2D eigenvalue weighted by Crippen LogP contribution is -2.37. The van der Waals surface area contributed by atoms with E-state index < -0.39 is 4.92 Å². The SMILES string of the molecule is O=[N+]([O-])c1ccc([C@H]2Nc3ccc(Cl)cc3[C@@H](c3ccccc3)N2)cc1. The minimum atomic E-state index is -0.393. The van der Waals surface area contributed by atoms with Gasteiger partial charge in [-0.25, -0.2) is 0 Å². The molecule has 3 aromatic carbocycles.